The van der Waals surface area contributed by atoms with Crippen LogP contribution in [0, 0.1) is 0 Å². The zero-order valence-corrected chi connectivity index (χ0v) is 12.8. The highest BCUT2D eigenvalue weighted by molar-refractivity contribution is 7.88. The molecule has 7 nitrogen and oxygen atoms in total. The smallest absolute Gasteiger partial charge is 0.247 e. The van der Waals surface area contributed by atoms with Crippen LogP contribution in [0.3, 0.4) is 0 Å². The minimum absolute atomic E-state index is 0.0870. The van der Waals surface area contributed by atoms with Gasteiger partial charge in [-0.15, -0.1) is 0 Å². The summed E-state index contributed by atoms with van der Waals surface area (Å²) in [6.07, 6.45) is 3.04. The summed E-state index contributed by atoms with van der Waals surface area (Å²) in [5.41, 5.74) is -0.718. The van der Waals surface area contributed by atoms with Crippen LogP contribution in [0.4, 0.5) is 0 Å². The van der Waals surface area contributed by atoms with Gasteiger partial charge in [0.2, 0.25) is 21.8 Å². The quantitative estimate of drug-likeness (QED) is 0.626. The molecule has 114 valence electrons. The van der Waals surface area contributed by atoms with Crippen molar-refractivity contribution in [2.75, 3.05) is 12.8 Å². The first-order valence-corrected chi connectivity index (χ1v) is 8.56. The first-order chi connectivity index (χ1) is 9.09. The molecule has 0 radical (unpaired) electrons. The molecule has 2 N–H and O–H groups in total. The van der Waals surface area contributed by atoms with Gasteiger partial charge in [0.05, 0.1) is 18.7 Å². The third-order valence-corrected chi connectivity index (χ3v) is 4.27. The summed E-state index contributed by atoms with van der Waals surface area (Å²) in [7, 11) is -3.32. The zero-order chi connectivity index (χ0) is 15.1. The Morgan fingerprint density at radius 3 is 2.40 bits per heavy atom. The number of carbonyl (C=O) groups excluding carboxylic acids is 2. The molecule has 1 saturated carbocycles. The first-order valence-electron chi connectivity index (χ1n) is 6.67. The molecule has 1 atom stereocenters. The van der Waals surface area contributed by atoms with Gasteiger partial charge in [0.15, 0.2) is 0 Å². The summed E-state index contributed by atoms with van der Waals surface area (Å²) < 4.78 is 25.0. The minimum atomic E-state index is -3.32. The Bertz CT molecular complexity index is 525. The van der Waals surface area contributed by atoms with Crippen LogP contribution in [0.25, 0.3) is 0 Å². The fraction of sp³-hybridized carbons (Fsp3) is 0.833. The molecule has 20 heavy (non-hydrogen) atoms. The molecule has 8 heteroatoms. The highest BCUT2D eigenvalue weighted by atomic mass is 32.2. The van der Waals surface area contributed by atoms with E-state index in [1.165, 1.54) is 4.90 Å². The first kappa shape index (κ1) is 15.4. The summed E-state index contributed by atoms with van der Waals surface area (Å²) in [5.74, 6) is -0.323. The SMILES string of the molecule is CC(C)(CNC1CC(=O)N(C2CC2)C1=O)NS(C)(=O)=O. The van der Waals surface area contributed by atoms with Gasteiger partial charge in [-0.05, 0) is 26.7 Å². The number of rotatable bonds is 6. The van der Waals surface area contributed by atoms with E-state index in [0.717, 1.165) is 19.1 Å². The zero-order valence-electron chi connectivity index (χ0n) is 12.0. The van der Waals surface area contributed by atoms with Crippen molar-refractivity contribution in [3.05, 3.63) is 0 Å². The molecular formula is C12H21N3O4S. The monoisotopic (exact) mass is 303 g/mol. The maximum atomic E-state index is 12.1. The van der Waals surface area contributed by atoms with E-state index < -0.39 is 21.6 Å². The molecule has 2 aliphatic rings. The summed E-state index contributed by atoms with van der Waals surface area (Å²) in [6, 6.07) is -0.451. The molecule has 1 aliphatic heterocycles. The van der Waals surface area contributed by atoms with E-state index in [4.69, 9.17) is 0 Å². The Hall–Kier alpha value is -0.990. The molecule has 1 heterocycles. The van der Waals surface area contributed by atoms with Crippen LogP contribution in [-0.2, 0) is 19.6 Å². The number of hydrogen-bond acceptors (Lipinski definition) is 5. The van der Waals surface area contributed by atoms with Crippen molar-refractivity contribution in [3.8, 4) is 0 Å². The van der Waals surface area contributed by atoms with E-state index in [0.29, 0.717) is 0 Å². The van der Waals surface area contributed by atoms with Crippen molar-refractivity contribution in [1.82, 2.24) is 14.9 Å². The maximum absolute atomic E-state index is 12.1. The number of amides is 2. The number of nitrogens with zero attached hydrogens (tertiary/aromatic N) is 1. The molecule has 0 spiro atoms. The van der Waals surface area contributed by atoms with E-state index >= 15 is 0 Å². The van der Waals surface area contributed by atoms with Gasteiger partial charge >= 0.3 is 0 Å². The van der Waals surface area contributed by atoms with E-state index in [9.17, 15) is 18.0 Å². The average Bonchev–Trinajstić information content (AvgIpc) is 3.01. The normalized spacial score (nSPS) is 24.6. The Balaban J connectivity index is 1.91. The van der Waals surface area contributed by atoms with Crippen LogP contribution in [0.5, 0.6) is 0 Å². The standard InChI is InChI=1S/C12H21N3O4S/c1-12(2,14-20(3,18)19)7-13-9-6-10(16)15(11(9)17)8-4-5-8/h8-9,13-14H,4-7H2,1-3H3. The van der Waals surface area contributed by atoms with Gasteiger partial charge in [-0.1, -0.05) is 0 Å². The fourth-order valence-electron chi connectivity index (χ4n) is 2.44. The van der Waals surface area contributed by atoms with Gasteiger partial charge in [-0.25, -0.2) is 13.1 Å². The third kappa shape index (κ3) is 3.77. The Kier molecular flexibility index (Phi) is 3.92. The minimum Gasteiger partial charge on any atom is -0.304 e. The predicted octanol–water partition coefficient (Wildman–Crippen LogP) is -0.806. The van der Waals surface area contributed by atoms with Crippen LogP contribution in [0.2, 0.25) is 0 Å². The number of nitrogens with one attached hydrogen (secondary N) is 2. The second kappa shape index (κ2) is 5.09. The lowest BCUT2D eigenvalue weighted by atomic mass is 10.1. The van der Waals surface area contributed by atoms with Crippen LogP contribution in [0.1, 0.15) is 33.1 Å². The van der Waals surface area contributed by atoms with Crippen LogP contribution >= 0.6 is 0 Å². The van der Waals surface area contributed by atoms with Gasteiger partial charge in [0, 0.05) is 18.1 Å². The third-order valence-electron chi connectivity index (χ3n) is 3.35. The summed E-state index contributed by atoms with van der Waals surface area (Å²) in [4.78, 5) is 25.2. The van der Waals surface area contributed by atoms with Crippen molar-refractivity contribution in [2.24, 2.45) is 0 Å². The molecule has 0 bridgehead atoms. The molecule has 1 aliphatic carbocycles. The summed E-state index contributed by atoms with van der Waals surface area (Å²) in [6.45, 7) is 3.73. The fourth-order valence-corrected chi connectivity index (χ4v) is 3.52. The Labute approximate surface area is 119 Å². The van der Waals surface area contributed by atoms with Crippen molar-refractivity contribution in [3.63, 3.8) is 0 Å². The molecule has 1 saturated heterocycles. The van der Waals surface area contributed by atoms with Crippen molar-refractivity contribution < 1.29 is 18.0 Å². The number of carbonyl (C=O) groups is 2. The van der Waals surface area contributed by atoms with Crippen LogP contribution < -0.4 is 10.0 Å². The summed E-state index contributed by atoms with van der Waals surface area (Å²) >= 11 is 0. The van der Waals surface area contributed by atoms with Gasteiger partial charge < -0.3 is 5.32 Å². The largest absolute Gasteiger partial charge is 0.304 e. The van der Waals surface area contributed by atoms with Crippen LogP contribution in [0.15, 0.2) is 0 Å². The van der Waals surface area contributed by atoms with E-state index in [1.807, 2.05) is 0 Å². The molecule has 1 unspecified atom stereocenters. The van der Waals surface area contributed by atoms with Crippen LogP contribution in [-0.4, -0.2) is 55.6 Å². The maximum Gasteiger partial charge on any atom is 0.247 e. The number of sulfonamides is 1. The highest BCUT2D eigenvalue weighted by Crippen LogP contribution is 2.31. The average molecular weight is 303 g/mol. The van der Waals surface area contributed by atoms with Gasteiger partial charge in [-0.3, -0.25) is 14.5 Å². The van der Waals surface area contributed by atoms with Gasteiger partial charge in [0.1, 0.15) is 0 Å². The molecule has 0 aromatic carbocycles. The summed E-state index contributed by atoms with van der Waals surface area (Å²) in [5, 5.41) is 3.00. The van der Waals surface area contributed by atoms with E-state index in [-0.39, 0.29) is 30.8 Å². The predicted molar refractivity (Wildman–Crippen MR) is 73.3 cm³/mol. The Morgan fingerprint density at radius 1 is 1.30 bits per heavy atom. The van der Waals surface area contributed by atoms with Gasteiger partial charge in [0.25, 0.3) is 0 Å². The molecule has 2 rings (SSSR count). The van der Waals surface area contributed by atoms with E-state index in [2.05, 4.69) is 10.0 Å². The van der Waals surface area contributed by atoms with Crippen molar-refractivity contribution in [2.45, 2.75) is 50.7 Å². The lowest BCUT2D eigenvalue weighted by Crippen LogP contribution is -2.53. The van der Waals surface area contributed by atoms with Crippen molar-refractivity contribution >= 4 is 21.8 Å². The molecule has 0 aromatic rings. The van der Waals surface area contributed by atoms with Crippen molar-refractivity contribution in [1.29, 1.82) is 0 Å². The topological polar surface area (TPSA) is 95.6 Å². The number of imide groups is 1. The van der Waals surface area contributed by atoms with E-state index in [1.54, 1.807) is 13.8 Å². The van der Waals surface area contributed by atoms with Gasteiger partial charge in [-0.2, -0.15) is 0 Å². The Morgan fingerprint density at radius 2 is 1.90 bits per heavy atom. The lowest BCUT2D eigenvalue weighted by molar-refractivity contribution is -0.139. The number of likely N-dealkylation sites (tertiary alicyclic amines) is 1. The lowest BCUT2D eigenvalue weighted by Gasteiger charge is -2.26. The second-order valence-corrected chi connectivity index (χ2v) is 7.98. The molecule has 0 aromatic heterocycles. The second-order valence-electron chi connectivity index (χ2n) is 6.23. The number of hydrogen-bond donors (Lipinski definition) is 2. The molecule has 2 amide bonds. The highest BCUT2D eigenvalue weighted by Gasteiger charge is 2.46. The molecule has 2 fully saturated rings. The molecular weight excluding hydrogens is 282 g/mol.